The smallest absolute Gasteiger partial charge is 0.307 e. The highest BCUT2D eigenvalue weighted by Gasteiger charge is 2.30. The topological polar surface area (TPSA) is 58.6 Å². The Bertz CT molecular complexity index is 461. The number of carbonyl (C=O) groups is 2. The lowest BCUT2D eigenvalue weighted by Gasteiger charge is -2.14. The molecular formula is C15H20N2O3. The molecule has 1 aromatic carbocycles. The number of methoxy groups -OCH3 is 1. The van der Waals surface area contributed by atoms with E-state index in [0.717, 1.165) is 12.8 Å². The van der Waals surface area contributed by atoms with Gasteiger partial charge in [-0.3, -0.25) is 14.9 Å². The number of esters is 1. The van der Waals surface area contributed by atoms with E-state index in [1.165, 1.54) is 12.7 Å². The van der Waals surface area contributed by atoms with Gasteiger partial charge >= 0.3 is 5.97 Å². The molecule has 20 heavy (non-hydrogen) atoms. The predicted octanol–water partition coefficient (Wildman–Crippen LogP) is 0.940. The second kappa shape index (κ2) is 7.05. The zero-order chi connectivity index (χ0) is 14.4. The monoisotopic (exact) mass is 276 g/mol. The van der Waals surface area contributed by atoms with Crippen molar-refractivity contribution in [2.24, 2.45) is 0 Å². The van der Waals surface area contributed by atoms with Gasteiger partial charge in [0.05, 0.1) is 26.2 Å². The molecule has 1 aliphatic heterocycles. The fourth-order valence-corrected chi connectivity index (χ4v) is 2.30. The van der Waals surface area contributed by atoms with Crippen molar-refractivity contribution >= 4 is 11.9 Å². The lowest BCUT2D eigenvalue weighted by molar-refractivity contribution is -0.141. The number of carbonyl (C=O) groups excluding carboxylic acids is 2. The second-order valence-corrected chi connectivity index (χ2v) is 4.87. The zero-order valence-corrected chi connectivity index (χ0v) is 11.7. The van der Waals surface area contributed by atoms with Crippen molar-refractivity contribution < 1.29 is 14.3 Å². The number of rotatable bonds is 6. The average molecular weight is 276 g/mol. The summed E-state index contributed by atoms with van der Waals surface area (Å²) in [6.45, 7) is 0.926. The van der Waals surface area contributed by atoms with Crippen molar-refractivity contribution in [2.45, 2.75) is 25.3 Å². The number of hydrogen-bond donors (Lipinski definition) is 1. The summed E-state index contributed by atoms with van der Waals surface area (Å²) in [5.74, 6) is -0.213. The molecule has 1 unspecified atom stereocenters. The largest absolute Gasteiger partial charge is 0.469 e. The summed E-state index contributed by atoms with van der Waals surface area (Å²) in [6, 6.07) is 9.97. The molecule has 1 fully saturated rings. The molecule has 1 aliphatic rings. The van der Waals surface area contributed by atoms with Gasteiger partial charge in [-0.1, -0.05) is 30.3 Å². The molecule has 1 N–H and O–H groups in total. The fourth-order valence-electron chi connectivity index (χ4n) is 2.30. The Morgan fingerprint density at radius 3 is 2.85 bits per heavy atom. The molecule has 0 bridgehead atoms. The van der Waals surface area contributed by atoms with Crippen LogP contribution in [-0.2, 0) is 20.7 Å². The Morgan fingerprint density at radius 2 is 2.15 bits per heavy atom. The molecule has 5 nitrogen and oxygen atoms in total. The van der Waals surface area contributed by atoms with Crippen LogP contribution in [0.5, 0.6) is 0 Å². The van der Waals surface area contributed by atoms with Gasteiger partial charge in [-0.2, -0.15) is 0 Å². The van der Waals surface area contributed by atoms with Crippen LogP contribution in [0.4, 0.5) is 0 Å². The summed E-state index contributed by atoms with van der Waals surface area (Å²) in [5.41, 5.74) is 1.23. The molecule has 108 valence electrons. The van der Waals surface area contributed by atoms with Gasteiger partial charge in [-0.15, -0.1) is 0 Å². The minimum Gasteiger partial charge on any atom is -0.469 e. The third kappa shape index (κ3) is 3.81. The first-order valence-corrected chi connectivity index (χ1v) is 6.83. The quantitative estimate of drug-likeness (QED) is 0.786. The predicted molar refractivity (Wildman–Crippen MR) is 74.9 cm³/mol. The Hall–Kier alpha value is -1.88. The molecule has 5 heteroatoms. The molecule has 0 radical (unpaired) electrons. The van der Waals surface area contributed by atoms with Gasteiger partial charge in [0.2, 0.25) is 5.91 Å². The van der Waals surface area contributed by atoms with Crippen LogP contribution in [0.2, 0.25) is 0 Å². The normalized spacial score (nSPS) is 18.4. The SMILES string of the molecule is COC(=O)CCN1CNC(CCc2ccccc2)C1=O. The molecule has 1 atom stereocenters. The standard InChI is InChI=1S/C15H20N2O3/c1-20-14(18)9-10-17-11-16-13(15(17)19)8-7-12-5-3-2-4-6-12/h2-6,13,16H,7-11H2,1H3. The van der Waals surface area contributed by atoms with Gasteiger partial charge in [0.15, 0.2) is 0 Å². The average Bonchev–Trinajstić information content (AvgIpc) is 2.84. The lowest BCUT2D eigenvalue weighted by Crippen LogP contribution is -2.32. The summed E-state index contributed by atoms with van der Waals surface area (Å²) in [6.07, 6.45) is 1.89. The van der Waals surface area contributed by atoms with E-state index in [9.17, 15) is 9.59 Å². The number of nitrogens with one attached hydrogen (secondary N) is 1. The van der Waals surface area contributed by atoms with Gasteiger partial charge < -0.3 is 9.64 Å². The summed E-state index contributed by atoms with van der Waals surface area (Å²) in [7, 11) is 1.36. The van der Waals surface area contributed by atoms with Crippen LogP contribution >= 0.6 is 0 Å². The first-order chi connectivity index (χ1) is 9.70. The zero-order valence-electron chi connectivity index (χ0n) is 11.7. The van der Waals surface area contributed by atoms with Crippen molar-refractivity contribution in [1.82, 2.24) is 10.2 Å². The third-order valence-electron chi connectivity index (χ3n) is 3.52. The van der Waals surface area contributed by atoms with Crippen LogP contribution in [-0.4, -0.2) is 43.1 Å². The minimum atomic E-state index is -0.287. The minimum absolute atomic E-state index is 0.0739. The van der Waals surface area contributed by atoms with Crippen LogP contribution in [0.25, 0.3) is 0 Å². The van der Waals surface area contributed by atoms with E-state index in [2.05, 4.69) is 22.2 Å². The van der Waals surface area contributed by atoms with E-state index in [-0.39, 0.29) is 24.3 Å². The highest BCUT2D eigenvalue weighted by molar-refractivity contribution is 5.84. The van der Waals surface area contributed by atoms with Crippen molar-refractivity contribution in [1.29, 1.82) is 0 Å². The van der Waals surface area contributed by atoms with E-state index in [0.29, 0.717) is 13.2 Å². The van der Waals surface area contributed by atoms with E-state index < -0.39 is 0 Å². The van der Waals surface area contributed by atoms with Crippen molar-refractivity contribution in [2.75, 3.05) is 20.3 Å². The molecule has 2 rings (SSSR count). The Balaban J connectivity index is 1.77. The third-order valence-corrected chi connectivity index (χ3v) is 3.52. The van der Waals surface area contributed by atoms with E-state index in [4.69, 9.17) is 0 Å². The Morgan fingerprint density at radius 1 is 1.40 bits per heavy atom. The number of benzene rings is 1. The van der Waals surface area contributed by atoms with Crippen molar-refractivity contribution in [3.63, 3.8) is 0 Å². The van der Waals surface area contributed by atoms with Crippen LogP contribution in [0.15, 0.2) is 30.3 Å². The van der Waals surface area contributed by atoms with Crippen LogP contribution in [0.1, 0.15) is 18.4 Å². The lowest BCUT2D eigenvalue weighted by atomic mass is 10.1. The van der Waals surface area contributed by atoms with Gasteiger partial charge in [-0.05, 0) is 18.4 Å². The maximum absolute atomic E-state index is 12.1. The molecule has 0 aromatic heterocycles. The summed E-state index contributed by atoms with van der Waals surface area (Å²) in [5, 5.41) is 3.19. The number of ether oxygens (including phenoxy) is 1. The number of nitrogens with zero attached hydrogens (tertiary/aromatic N) is 1. The van der Waals surface area contributed by atoms with Gasteiger partial charge in [0.25, 0.3) is 0 Å². The first-order valence-electron chi connectivity index (χ1n) is 6.83. The summed E-state index contributed by atoms with van der Waals surface area (Å²) in [4.78, 5) is 24.9. The van der Waals surface area contributed by atoms with Gasteiger partial charge in [0, 0.05) is 6.54 Å². The Labute approximate surface area is 118 Å². The molecule has 1 saturated heterocycles. The van der Waals surface area contributed by atoms with Crippen molar-refractivity contribution in [3.05, 3.63) is 35.9 Å². The summed E-state index contributed by atoms with van der Waals surface area (Å²) < 4.78 is 4.58. The van der Waals surface area contributed by atoms with E-state index in [1.807, 2.05) is 18.2 Å². The number of amides is 1. The molecule has 0 aliphatic carbocycles. The van der Waals surface area contributed by atoms with Gasteiger partial charge in [-0.25, -0.2) is 0 Å². The molecule has 1 amide bonds. The van der Waals surface area contributed by atoms with Crippen LogP contribution in [0, 0.1) is 0 Å². The number of hydrogen-bond acceptors (Lipinski definition) is 4. The highest BCUT2D eigenvalue weighted by atomic mass is 16.5. The van der Waals surface area contributed by atoms with Crippen LogP contribution in [0.3, 0.4) is 0 Å². The van der Waals surface area contributed by atoms with E-state index >= 15 is 0 Å². The molecule has 0 saturated carbocycles. The fraction of sp³-hybridized carbons (Fsp3) is 0.467. The van der Waals surface area contributed by atoms with Crippen LogP contribution < -0.4 is 5.32 Å². The second-order valence-electron chi connectivity index (χ2n) is 4.87. The maximum atomic E-state index is 12.1. The van der Waals surface area contributed by atoms with Gasteiger partial charge in [0.1, 0.15) is 0 Å². The van der Waals surface area contributed by atoms with Crippen molar-refractivity contribution in [3.8, 4) is 0 Å². The summed E-state index contributed by atoms with van der Waals surface area (Å²) >= 11 is 0. The highest BCUT2D eigenvalue weighted by Crippen LogP contribution is 2.11. The van der Waals surface area contributed by atoms with E-state index in [1.54, 1.807) is 4.90 Å². The number of aryl methyl sites for hydroxylation is 1. The Kier molecular flexibility index (Phi) is 5.12. The molecule has 0 spiro atoms. The molecule has 1 aromatic rings. The first kappa shape index (κ1) is 14.5. The molecular weight excluding hydrogens is 256 g/mol. The molecule has 1 heterocycles. The maximum Gasteiger partial charge on any atom is 0.307 e.